The van der Waals surface area contributed by atoms with Gasteiger partial charge in [-0.15, -0.1) is 0 Å². The molecule has 1 aromatic carbocycles. The van der Waals surface area contributed by atoms with Crippen molar-refractivity contribution in [2.45, 2.75) is 25.7 Å². The first kappa shape index (κ1) is 12.9. The SMILES string of the molecule is CC1=CCC(C)(c2cccc(-c3ccccn3)c2)C=C1. The van der Waals surface area contributed by atoms with Crippen molar-refractivity contribution in [2.75, 3.05) is 0 Å². The zero-order chi connectivity index (χ0) is 14.0. The van der Waals surface area contributed by atoms with Crippen LogP contribution in [0.2, 0.25) is 0 Å². The Morgan fingerprint density at radius 2 is 2.00 bits per heavy atom. The molecular formula is C19H19N. The number of hydrogen-bond donors (Lipinski definition) is 0. The molecule has 0 radical (unpaired) electrons. The monoisotopic (exact) mass is 261 g/mol. The molecule has 0 bridgehead atoms. The van der Waals surface area contributed by atoms with Crippen LogP contribution in [0.15, 0.2) is 72.5 Å². The number of benzene rings is 1. The van der Waals surface area contributed by atoms with Gasteiger partial charge in [-0.2, -0.15) is 0 Å². The number of aromatic nitrogens is 1. The fourth-order valence-corrected chi connectivity index (χ4v) is 2.61. The standard InChI is InChI=1S/C19H19N/c1-15-9-11-19(2,12-10-15)17-7-5-6-16(14-17)18-8-3-4-13-20-18/h3-11,13-14H,12H2,1-2H3. The lowest BCUT2D eigenvalue weighted by Gasteiger charge is -2.28. The summed E-state index contributed by atoms with van der Waals surface area (Å²) in [7, 11) is 0. The molecule has 100 valence electrons. The fraction of sp³-hybridized carbons (Fsp3) is 0.211. The van der Waals surface area contributed by atoms with E-state index >= 15 is 0 Å². The summed E-state index contributed by atoms with van der Waals surface area (Å²) in [6.07, 6.45) is 9.75. The van der Waals surface area contributed by atoms with Gasteiger partial charge in [-0.1, -0.05) is 55.0 Å². The third kappa shape index (κ3) is 2.44. The van der Waals surface area contributed by atoms with E-state index in [1.807, 2.05) is 18.3 Å². The average Bonchev–Trinajstić information content (AvgIpc) is 2.51. The predicted octanol–water partition coefficient (Wildman–Crippen LogP) is 4.91. The Balaban J connectivity index is 1.99. The minimum absolute atomic E-state index is 0.0876. The molecule has 1 aliphatic carbocycles. The largest absolute Gasteiger partial charge is 0.256 e. The van der Waals surface area contributed by atoms with Crippen LogP contribution in [-0.2, 0) is 5.41 Å². The van der Waals surface area contributed by atoms with Crippen molar-refractivity contribution in [1.82, 2.24) is 4.98 Å². The first-order chi connectivity index (χ1) is 9.67. The van der Waals surface area contributed by atoms with E-state index < -0.39 is 0 Å². The molecule has 1 aromatic heterocycles. The highest BCUT2D eigenvalue weighted by atomic mass is 14.7. The first-order valence-corrected chi connectivity index (χ1v) is 7.05. The second-order valence-corrected chi connectivity index (χ2v) is 5.70. The molecule has 0 saturated heterocycles. The average molecular weight is 261 g/mol. The van der Waals surface area contributed by atoms with E-state index in [0.717, 1.165) is 12.1 Å². The molecule has 0 N–H and O–H groups in total. The third-order valence-electron chi connectivity index (χ3n) is 4.04. The predicted molar refractivity (Wildman–Crippen MR) is 84.5 cm³/mol. The lowest BCUT2D eigenvalue weighted by molar-refractivity contribution is 0.596. The van der Waals surface area contributed by atoms with Crippen LogP contribution >= 0.6 is 0 Å². The van der Waals surface area contributed by atoms with Gasteiger partial charge in [-0.05, 0) is 37.1 Å². The molecule has 1 heterocycles. The molecule has 0 amide bonds. The van der Waals surface area contributed by atoms with E-state index in [4.69, 9.17) is 0 Å². The minimum atomic E-state index is 0.0876. The second-order valence-electron chi connectivity index (χ2n) is 5.70. The van der Waals surface area contributed by atoms with Crippen molar-refractivity contribution >= 4 is 0 Å². The van der Waals surface area contributed by atoms with Gasteiger partial charge in [0.25, 0.3) is 0 Å². The van der Waals surface area contributed by atoms with Gasteiger partial charge in [0.15, 0.2) is 0 Å². The number of pyridine rings is 1. The van der Waals surface area contributed by atoms with E-state index in [1.165, 1.54) is 16.7 Å². The van der Waals surface area contributed by atoms with E-state index in [1.54, 1.807) is 0 Å². The highest BCUT2D eigenvalue weighted by molar-refractivity contribution is 5.60. The van der Waals surface area contributed by atoms with Crippen LogP contribution in [0.1, 0.15) is 25.8 Å². The Hall–Kier alpha value is -2.15. The molecular weight excluding hydrogens is 242 g/mol. The summed E-state index contributed by atoms with van der Waals surface area (Å²) in [6, 6.07) is 14.8. The molecule has 1 aliphatic rings. The molecule has 1 unspecified atom stereocenters. The van der Waals surface area contributed by atoms with Crippen molar-refractivity contribution in [3.05, 3.63) is 78.0 Å². The molecule has 3 rings (SSSR count). The van der Waals surface area contributed by atoms with Crippen LogP contribution in [0, 0.1) is 0 Å². The smallest absolute Gasteiger partial charge is 0.0702 e. The molecule has 0 spiro atoms. The molecule has 0 aliphatic heterocycles. The Bertz CT molecular complexity index is 667. The Morgan fingerprint density at radius 1 is 1.10 bits per heavy atom. The number of hydrogen-bond acceptors (Lipinski definition) is 1. The first-order valence-electron chi connectivity index (χ1n) is 7.05. The van der Waals surface area contributed by atoms with Crippen molar-refractivity contribution in [1.29, 1.82) is 0 Å². The van der Waals surface area contributed by atoms with Gasteiger partial charge in [0.05, 0.1) is 5.69 Å². The number of rotatable bonds is 2. The molecule has 20 heavy (non-hydrogen) atoms. The highest BCUT2D eigenvalue weighted by Gasteiger charge is 2.24. The van der Waals surface area contributed by atoms with Crippen molar-refractivity contribution in [3.63, 3.8) is 0 Å². The van der Waals surface area contributed by atoms with Crippen LogP contribution in [0.3, 0.4) is 0 Å². The third-order valence-corrected chi connectivity index (χ3v) is 4.04. The van der Waals surface area contributed by atoms with Crippen molar-refractivity contribution in [2.24, 2.45) is 0 Å². The fourth-order valence-electron chi connectivity index (χ4n) is 2.61. The minimum Gasteiger partial charge on any atom is -0.256 e. The molecule has 1 heteroatoms. The zero-order valence-corrected chi connectivity index (χ0v) is 12.0. The number of allylic oxidation sites excluding steroid dienone is 4. The van der Waals surface area contributed by atoms with E-state index in [2.05, 4.69) is 67.4 Å². The van der Waals surface area contributed by atoms with Crippen LogP contribution in [0.5, 0.6) is 0 Å². The lowest BCUT2D eigenvalue weighted by Crippen LogP contribution is -2.20. The Morgan fingerprint density at radius 3 is 2.70 bits per heavy atom. The topological polar surface area (TPSA) is 12.9 Å². The maximum Gasteiger partial charge on any atom is 0.0702 e. The van der Waals surface area contributed by atoms with Gasteiger partial charge in [0.2, 0.25) is 0 Å². The summed E-state index contributed by atoms with van der Waals surface area (Å²) < 4.78 is 0. The van der Waals surface area contributed by atoms with Crippen molar-refractivity contribution in [3.8, 4) is 11.3 Å². The summed E-state index contributed by atoms with van der Waals surface area (Å²) in [6.45, 7) is 4.45. The van der Waals surface area contributed by atoms with Crippen LogP contribution in [0.4, 0.5) is 0 Å². The van der Waals surface area contributed by atoms with E-state index in [0.29, 0.717) is 0 Å². The summed E-state index contributed by atoms with van der Waals surface area (Å²) in [5, 5.41) is 0. The maximum absolute atomic E-state index is 4.44. The second kappa shape index (κ2) is 5.09. The van der Waals surface area contributed by atoms with Crippen LogP contribution in [-0.4, -0.2) is 4.98 Å². The van der Waals surface area contributed by atoms with E-state index in [-0.39, 0.29) is 5.41 Å². The highest BCUT2D eigenvalue weighted by Crippen LogP contribution is 2.35. The van der Waals surface area contributed by atoms with Gasteiger partial charge in [0.1, 0.15) is 0 Å². The van der Waals surface area contributed by atoms with Gasteiger partial charge in [-0.25, -0.2) is 0 Å². The van der Waals surface area contributed by atoms with E-state index in [9.17, 15) is 0 Å². The Labute approximate surface area is 120 Å². The normalized spacial score (nSPS) is 21.6. The quantitative estimate of drug-likeness (QED) is 0.748. The summed E-state index contributed by atoms with van der Waals surface area (Å²) >= 11 is 0. The van der Waals surface area contributed by atoms with Gasteiger partial charge in [-0.3, -0.25) is 4.98 Å². The maximum atomic E-state index is 4.44. The molecule has 2 aromatic rings. The lowest BCUT2D eigenvalue weighted by atomic mass is 9.76. The summed E-state index contributed by atoms with van der Waals surface area (Å²) in [5.41, 5.74) is 5.00. The summed E-state index contributed by atoms with van der Waals surface area (Å²) in [4.78, 5) is 4.44. The van der Waals surface area contributed by atoms with Crippen molar-refractivity contribution < 1.29 is 0 Å². The zero-order valence-electron chi connectivity index (χ0n) is 12.0. The molecule has 1 nitrogen and oxygen atoms in total. The van der Waals surface area contributed by atoms with Crippen LogP contribution < -0.4 is 0 Å². The van der Waals surface area contributed by atoms with Gasteiger partial charge < -0.3 is 0 Å². The van der Waals surface area contributed by atoms with Gasteiger partial charge in [0, 0.05) is 17.2 Å². The van der Waals surface area contributed by atoms with Crippen LogP contribution in [0.25, 0.3) is 11.3 Å². The molecule has 0 fully saturated rings. The Kier molecular flexibility index (Phi) is 3.27. The van der Waals surface area contributed by atoms with Gasteiger partial charge >= 0.3 is 0 Å². The molecule has 1 atom stereocenters. The molecule has 0 saturated carbocycles. The number of nitrogens with zero attached hydrogens (tertiary/aromatic N) is 1. The summed E-state index contributed by atoms with van der Waals surface area (Å²) in [5.74, 6) is 0.